The summed E-state index contributed by atoms with van der Waals surface area (Å²) in [7, 11) is 0. The Morgan fingerprint density at radius 3 is 2.74 bits per heavy atom. The monoisotopic (exact) mass is 267 g/mol. The molecule has 0 aromatic heterocycles. The smallest absolute Gasteiger partial charge is 0.228 e. The van der Waals surface area contributed by atoms with Crippen molar-refractivity contribution < 1.29 is 19.7 Å². The van der Waals surface area contributed by atoms with Gasteiger partial charge in [-0.3, -0.25) is 4.79 Å². The van der Waals surface area contributed by atoms with Crippen LogP contribution in [-0.2, 0) is 9.53 Å². The topological polar surface area (TPSA) is 70.0 Å². The molecule has 0 radical (unpaired) electrons. The van der Waals surface area contributed by atoms with Gasteiger partial charge in [0, 0.05) is 24.7 Å². The third-order valence-corrected chi connectivity index (χ3v) is 3.44. The van der Waals surface area contributed by atoms with Crippen molar-refractivity contribution in [2.75, 3.05) is 26.3 Å². The van der Waals surface area contributed by atoms with Crippen molar-refractivity contribution in [1.29, 1.82) is 0 Å². The molecule has 19 heavy (non-hydrogen) atoms. The van der Waals surface area contributed by atoms with Gasteiger partial charge in [0.05, 0.1) is 18.9 Å². The van der Waals surface area contributed by atoms with Crippen LogP contribution < -0.4 is 0 Å². The van der Waals surface area contributed by atoms with Crippen molar-refractivity contribution >= 4 is 5.78 Å². The van der Waals surface area contributed by atoms with E-state index in [4.69, 9.17) is 9.84 Å². The molecule has 106 valence electrons. The lowest BCUT2D eigenvalue weighted by Crippen LogP contribution is -2.51. The minimum absolute atomic E-state index is 0.0303. The fourth-order valence-corrected chi connectivity index (χ4v) is 2.45. The molecular formula is C14H21NO4. The number of β-amino-alcohol motifs (C(OH)–C–C–N with tert-alkyl or cyclic N) is 1. The van der Waals surface area contributed by atoms with E-state index >= 15 is 0 Å². The van der Waals surface area contributed by atoms with Gasteiger partial charge in [-0.15, -0.1) is 0 Å². The number of morpholine rings is 1. The van der Waals surface area contributed by atoms with Crippen LogP contribution in [0.1, 0.15) is 20.8 Å². The number of nitrogens with zero attached hydrogens (tertiary/aromatic N) is 1. The normalized spacial score (nSPS) is 27.8. The third-order valence-electron chi connectivity index (χ3n) is 3.44. The molecular weight excluding hydrogens is 246 g/mol. The van der Waals surface area contributed by atoms with Gasteiger partial charge in [0.15, 0.2) is 5.78 Å². The Labute approximate surface area is 113 Å². The molecule has 5 nitrogen and oxygen atoms in total. The van der Waals surface area contributed by atoms with Crippen molar-refractivity contribution in [2.45, 2.75) is 26.6 Å². The van der Waals surface area contributed by atoms with Crippen LogP contribution in [0.2, 0.25) is 0 Å². The number of allylic oxidation sites excluding steroid dienone is 2. The number of carbonyl (C=O) groups excluding carboxylic acids is 1. The molecule has 0 aromatic carbocycles. The summed E-state index contributed by atoms with van der Waals surface area (Å²) in [5.41, 5.74) is 0.618. The van der Waals surface area contributed by atoms with Gasteiger partial charge in [0.1, 0.15) is 0 Å². The average Bonchev–Trinajstić information content (AvgIpc) is 2.29. The predicted octanol–water partition coefficient (Wildman–Crippen LogP) is 0.439. The number of carbonyl (C=O) groups is 1. The Balaban J connectivity index is 2.39. The Hall–Kier alpha value is -1.17. The standard InChI is InChI=1S/C14H21NO4/c1-13(2,3)10-9-14(18)12(8-11(10)17)15(4-6-16)5-7-19-14/h8-9,16,18H,4-7H2,1-3H3. The van der Waals surface area contributed by atoms with Crippen LogP contribution in [-0.4, -0.2) is 53.0 Å². The number of ketones is 1. The molecule has 5 heteroatoms. The summed E-state index contributed by atoms with van der Waals surface area (Å²) in [6.07, 6.45) is 2.93. The minimum Gasteiger partial charge on any atom is -0.395 e. The first-order chi connectivity index (χ1) is 8.78. The molecule has 1 aliphatic carbocycles. The van der Waals surface area contributed by atoms with Crippen molar-refractivity contribution in [3.05, 3.63) is 23.4 Å². The third kappa shape index (κ3) is 2.59. The van der Waals surface area contributed by atoms with E-state index in [0.717, 1.165) is 0 Å². The summed E-state index contributed by atoms with van der Waals surface area (Å²) in [6, 6.07) is 0. The van der Waals surface area contributed by atoms with Crippen molar-refractivity contribution in [3.63, 3.8) is 0 Å². The molecule has 0 amide bonds. The Bertz CT molecular complexity index is 445. The quantitative estimate of drug-likeness (QED) is 0.759. The summed E-state index contributed by atoms with van der Waals surface area (Å²) in [5.74, 6) is -1.66. The van der Waals surface area contributed by atoms with Gasteiger partial charge in [-0.25, -0.2) is 0 Å². The number of hydrogen-bond donors (Lipinski definition) is 2. The second kappa shape index (κ2) is 4.74. The number of fused-ring (bicyclic) bond motifs is 1. The number of hydrogen-bond acceptors (Lipinski definition) is 5. The SMILES string of the molecule is CC(C)(C)C1=CC2(O)OCCN(CCO)C2=CC1=O. The van der Waals surface area contributed by atoms with Gasteiger partial charge in [-0.05, 0) is 11.5 Å². The summed E-state index contributed by atoms with van der Waals surface area (Å²) >= 11 is 0. The summed E-state index contributed by atoms with van der Waals surface area (Å²) in [4.78, 5) is 14.0. The molecule has 1 atom stereocenters. The van der Waals surface area contributed by atoms with Crippen molar-refractivity contribution in [3.8, 4) is 0 Å². The molecule has 0 bridgehead atoms. The van der Waals surface area contributed by atoms with Gasteiger partial charge >= 0.3 is 0 Å². The van der Waals surface area contributed by atoms with Crippen LogP contribution in [0.4, 0.5) is 0 Å². The molecule has 1 saturated heterocycles. The van der Waals surface area contributed by atoms with E-state index in [1.54, 1.807) is 4.90 Å². The van der Waals surface area contributed by atoms with E-state index in [-0.39, 0.29) is 17.8 Å². The van der Waals surface area contributed by atoms with Crippen LogP contribution in [0.15, 0.2) is 23.4 Å². The number of rotatable bonds is 2. The first kappa shape index (κ1) is 14.2. The Morgan fingerprint density at radius 2 is 2.16 bits per heavy atom. The van der Waals surface area contributed by atoms with Crippen molar-refractivity contribution in [1.82, 2.24) is 4.90 Å². The lowest BCUT2D eigenvalue weighted by Gasteiger charge is -2.43. The maximum Gasteiger partial charge on any atom is 0.228 e. The van der Waals surface area contributed by atoms with E-state index in [0.29, 0.717) is 31.0 Å². The molecule has 1 fully saturated rings. The van der Waals surface area contributed by atoms with Gasteiger partial charge in [0.2, 0.25) is 5.79 Å². The van der Waals surface area contributed by atoms with Crippen molar-refractivity contribution in [2.24, 2.45) is 5.41 Å². The maximum atomic E-state index is 12.2. The molecule has 0 spiro atoms. The number of ether oxygens (including phenoxy) is 1. The highest BCUT2D eigenvalue weighted by Gasteiger charge is 2.43. The first-order valence-corrected chi connectivity index (χ1v) is 6.50. The predicted molar refractivity (Wildman–Crippen MR) is 70.2 cm³/mol. The maximum absolute atomic E-state index is 12.2. The summed E-state index contributed by atoms with van der Waals surface area (Å²) in [6.45, 7) is 7.03. The second-order valence-corrected chi connectivity index (χ2v) is 5.96. The van der Waals surface area contributed by atoms with Crippen LogP contribution in [0, 0.1) is 5.41 Å². The van der Waals surface area contributed by atoms with E-state index < -0.39 is 5.79 Å². The highest BCUT2D eigenvalue weighted by molar-refractivity contribution is 6.06. The van der Waals surface area contributed by atoms with E-state index in [2.05, 4.69) is 0 Å². The number of aliphatic hydroxyl groups is 2. The van der Waals surface area contributed by atoms with Crippen LogP contribution >= 0.6 is 0 Å². The fourth-order valence-electron chi connectivity index (χ4n) is 2.45. The van der Waals surface area contributed by atoms with Gasteiger partial charge in [-0.1, -0.05) is 20.8 Å². The highest BCUT2D eigenvalue weighted by Crippen LogP contribution is 2.38. The molecule has 2 N–H and O–H groups in total. The fraction of sp³-hybridized carbons (Fsp3) is 0.643. The molecule has 1 heterocycles. The molecule has 0 aromatic rings. The number of aliphatic hydroxyl groups excluding tert-OH is 1. The lowest BCUT2D eigenvalue weighted by molar-refractivity contribution is -0.179. The summed E-state index contributed by atoms with van der Waals surface area (Å²) in [5, 5.41) is 19.6. The lowest BCUT2D eigenvalue weighted by atomic mass is 9.79. The molecule has 2 aliphatic rings. The summed E-state index contributed by atoms with van der Waals surface area (Å²) < 4.78 is 5.46. The van der Waals surface area contributed by atoms with Crippen LogP contribution in [0.25, 0.3) is 0 Å². The molecule has 1 unspecified atom stereocenters. The molecule has 0 saturated carbocycles. The zero-order valence-electron chi connectivity index (χ0n) is 11.6. The zero-order chi connectivity index (χ0) is 14.3. The van der Waals surface area contributed by atoms with E-state index in [9.17, 15) is 9.90 Å². The van der Waals surface area contributed by atoms with Crippen LogP contribution in [0.5, 0.6) is 0 Å². The van der Waals surface area contributed by atoms with Gasteiger partial charge in [-0.2, -0.15) is 0 Å². The van der Waals surface area contributed by atoms with Crippen LogP contribution in [0.3, 0.4) is 0 Å². The van der Waals surface area contributed by atoms with Gasteiger partial charge < -0.3 is 19.8 Å². The Kier molecular flexibility index (Phi) is 3.55. The zero-order valence-corrected chi connectivity index (χ0v) is 11.6. The molecule has 2 rings (SSSR count). The average molecular weight is 267 g/mol. The largest absolute Gasteiger partial charge is 0.395 e. The minimum atomic E-state index is -1.55. The molecule has 1 aliphatic heterocycles. The second-order valence-electron chi connectivity index (χ2n) is 5.96. The van der Waals surface area contributed by atoms with E-state index in [1.165, 1.54) is 12.2 Å². The Morgan fingerprint density at radius 1 is 1.47 bits per heavy atom. The van der Waals surface area contributed by atoms with E-state index in [1.807, 2.05) is 20.8 Å². The first-order valence-electron chi connectivity index (χ1n) is 6.50. The highest BCUT2D eigenvalue weighted by atomic mass is 16.6. The van der Waals surface area contributed by atoms with Gasteiger partial charge in [0.25, 0.3) is 0 Å².